The van der Waals surface area contributed by atoms with Crippen molar-refractivity contribution in [3.8, 4) is 17.6 Å². The summed E-state index contributed by atoms with van der Waals surface area (Å²) in [6.45, 7) is 3.60. The van der Waals surface area contributed by atoms with Crippen LogP contribution in [0.15, 0.2) is 83.9 Å². The summed E-state index contributed by atoms with van der Waals surface area (Å²) >= 11 is 0. The van der Waals surface area contributed by atoms with Crippen molar-refractivity contribution < 1.29 is 22.7 Å². The monoisotopic (exact) mass is 514 g/mol. The first-order chi connectivity index (χ1) is 17.9. The van der Waals surface area contributed by atoms with Crippen molar-refractivity contribution in [1.82, 2.24) is 4.98 Å². The Morgan fingerprint density at radius 2 is 1.65 bits per heavy atom. The zero-order valence-electron chi connectivity index (χ0n) is 20.8. The van der Waals surface area contributed by atoms with Crippen LogP contribution in [0.25, 0.3) is 10.9 Å². The summed E-state index contributed by atoms with van der Waals surface area (Å²) in [5.74, 6) is 6.10. The van der Waals surface area contributed by atoms with Crippen LogP contribution in [-0.4, -0.2) is 39.6 Å². The molecule has 0 aliphatic rings. The van der Waals surface area contributed by atoms with Crippen LogP contribution in [-0.2, 0) is 14.8 Å². The minimum atomic E-state index is -4.05. The Morgan fingerprint density at radius 3 is 2.30 bits per heavy atom. The van der Waals surface area contributed by atoms with Crippen LogP contribution in [0.2, 0.25) is 0 Å². The van der Waals surface area contributed by atoms with E-state index in [-0.39, 0.29) is 29.3 Å². The van der Waals surface area contributed by atoms with E-state index in [2.05, 4.69) is 16.8 Å². The van der Waals surface area contributed by atoms with E-state index in [0.29, 0.717) is 22.2 Å². The van der Waals surface area contributed by atoms with Gasteiger partial charge in [-0.05, 0) is 68.4 Å². The quantitative estimate of drug-likeness (QED) is 0.254. The molecule has 0 unspecified atom stereocenters. The fourth-order valence-electron chi connectivity index (χ4n) is 3.87. The number of ether oxygens (including phenoxy) is 2. The lowest BCUT2D eigenvalue weighted by Crippen LogP contribution is -2.32. The van der Waals surface area contributed by atoms with Crippen LogP contribution in [0.5, 0.6) is 5.75 Å². The van der Waals surface area contributed by atoms with Gasteiger partial charge in [0.1, 0.15) is 11.3 Å². The van der Waals surface area contributed by atoms with E-state index in [1.54, 1.807) is 38.1 Å². The molecule has 0 aliphatic carbocycles. The molecule has 4 aromatic rings. The number of aromatic nitrogens is 1. The summed E-state index contributed by atoms with van der Waals surface area (Å²) in [6, 6.07) is 21.0. The fraction of sp³-hybridized carbons (Fsp3) is 0.172. The van der Waals surface area contributed by atoms with E-state index in [4.69, 9.17) is 9.47 Å². The van der Waals surface area contributed by atoms with Crippen molar-refractivity contribution in [2.75, 3.05) is 24.6 Å². The van der Waals surface area contributed by atoms with Crippen molar-refractivity contribution in [1.29, 1.82) is 0 Å². The van der Waals surface area contributed by atoms with Crippen LogP contribution in [0.3, 0.4) is 0 Å². The maximum absolute atomic E-state index is 13.8. The normalized spacial score (nSPS) is 10.9. The lowest BCUT2D eigenvalue weighted by molar-refractivity contribution is 0.0527. The van der Waals surface area contributed by atoms with Crippen LogP contribution >= 0.6 is 0 Å². The number of benzene rings is 3. The standard InChI is InChI=1S/C29H26N2O5S/c1-4-31(37(33,34)24-16-14-23(35-3)15-17-24)28-25-19-22(12-11-21-9-7-6-8-10-21)13-18-27(25)30-20-26(28)29(32)36-5-2/h6-10,13-20H,4-5H2,1-3H3. The van der Waals surface area contributed by atoms with Gasteiger partial charge in [-0.1, -0.05) is 30.0 Å². The number of nitrogens with zero attached hydrogens (tertiary/aromatic N) is 2. The number of esters is 1. The molecule has 0 spiro atoms. The average molecular weight is 515 g/mol. The molecule has 0 saturated heterocycles. The Hall–Kier alpha value is -4.35. The SMILES string of the molecule is CCOC(=O)c1cnc2ccc(C#Cc3ccccc3)cc2c1N(CC)S(=O)(=O)c1ccc(OC)cc1. The molecule has 1 heterocycles. The molecule has 3 aromatic carbocycles. The van der Waals surface area contributed by atoms with Gasteiger partial charge >= 0.3 is 5.97 Å². The van der Waals surface area contributed by atoms with Crippen LogP contribution in [0, 0.1) is 11.8 Å². The van der Waals surface area contributed by atoms with Gasteiger partial charge in [0.2, 0.25) is 0 Å². The molecule has 0 aliphatic heterocycles. The number of hydrogen-bond donors (Lipinski definition) is 0. The molecular weight excluding hydrogens is 488 g/mol. The summed E-state index contributed by atoms with van der Waals surface area (Å²) in [5.41, 5.74) is 2.28. The number of methoxy groups -OCH3 is 1. The number of hydrogen-bond acceptors (Lipinski definition) is 6. The predicted octanol–water partition coefficient (Wildman–Crippen LogP) is 5.04. The van der Waals surface area contributed by atoms with Gasteiger partial charge in [-0.15, -0.1) is 0 Å². The summed E-state index contributed by atoms with van der Waals surface area (Å²) in [7, 11) is -2.54. The topological polar surface area (TPSA) is 85.8 Å². The van der Waals surface area contributed by atoms with Gasteiger partial charge in [0.25, 0.3) is 10.0 Å². The van der Waals surface area contributed by atoms with Gasteiger partial charge in [0.05, 0.1) is 29.8 Å². The predicted molar refractivity (Wildman–Crippen MR) is 143 cm³/mol. The average Bonchev–Trinajstić information content (AvgIpc) is 2.93. The zero-order chi connectivity index (χ0) is 26.4. The lowest BCUT2D eigenvalue weighted by atomic mass is 10.1. The summed E-state index contributed by atoms with van der Waals surface area (Å²) in [5, 5.41) is 0.476. The zero-order valence-corrected chi connectivity index (χ0v) is 21.6. The smallest absolute Gasteiger partial charge is 0.341 e. The van der Waals surface area contributed by atoms with E-state index in [1.807, 2.05) is 36.4 Å². The fourth-order valence-corrected chi connectivity index (χ4v) is 5.38. The highest BCUT2D eigenvalue weighted by Crippen LogP contribution is 2.35. The Labute approximate surface area is 216 Å². The van der Waals surface area contributed by atoms with Crippen molar-refractivity contribution in [2.24, 2.45) is 0 Å². The second-order valence-electron chi connectivity index (χ2n) is 7.93. The molecular formula is C29H26N2O5S. The number of carbonyl (C=O) groups is 1. The van der Waals surface area contributed by atoms with Crippen molar-refractivity contribution in [3.05, 3.63) is 95.7 Å². The molecule has 0 fully saturated rings. The molecule has 0 bridgehead atoms. The first-order valence-electron chi connectivity index (χ1n) is 11.7. The van der Waals surface area contributed by atoms with E-state index in [1.165, 1.54) is 29.7 Å². The van der Waals surface area contributed by atoms with Crippen LogP contribution in [0.1, 0.15) is 35.3 Å². The van der Waals surface area contributed by atoms with E-state index in [9.17, 15) is 13.2 Å². The second kappa shape index (κ2) is 11.1. The molecule has 0 atom stereocenters. The Kier molecular flexibility index (Phi) is 7.75. The highest BCUT2D eigenvalue weighted by molar-refractivity contribution is 7.92. The van der Waals surface area contributed by atoms with Gasteiger partial charge in [-0.2, -0.15) is 0 Å². The summed E-state index contributed by atoms with van der Waals surface area (Å²) in [4.78, 5) is 17.4. The molecule has 0 radical (unpaired) electrons. The number of sulfonamides is 1. The van der Waals surface area contributed by atoms with E-state index < -0.39 is 16.0 Å². The summed E-state index contributed by atoms with van der Waals surface area (Å²) < 4.78 is 39.3. The molecule has 1 aromatic heterocycles. The third-order valence-corrected chi connectivity index (χ3v) is 7.53. The Morgan fingerprint density at radius 1 is 0.946 bits per heavy atom. The Balaban J connectivity index is 1.93. The first kappa shape index (κ1) is 25.7. The first-order valence-corrected chi connectivity index (χ1v) is 13.2. The second-order valence-corrected chi connectivity index (χ2v) is 9.80. The highest BCUT2D eigenvalue weighted by atomic mass is 32.2. The number of pyridine rings is 1. The van der Waals surface area contributed by atoms with Crippen molar-refractivity contribution in [3.63, 3.8) is 0 Å². The maximum Gasteiger partial charge on any atom is 0.341 e. The molecule has 37 heavy (non-hydrogen) atoms. The maximum atomic E-state index is 13.8. The molecule has 0 N–H and O–H groups in total. The van der Waals surface area contributed by atoms with Crippen molar-refractivity contribution in [2.45, 2.75) is 18.7 Å². The van der Waals surface area contributed by atoms with E-state index >= 15 is 0 Å². The molecule has 0 saturated carbocycles. The third kappa shape index (κ3) is 5.42. The van der Waals surface area contributed by atoms with Crippen molar-refractivity contribution >= 4 is 32.6 Å². The largest absolute Gasteiger partial charge is 0.497 e. The molecule has 4 rings (SSSR count). The van der Waals surface area contributed by atoms with Gasteiger partial charge in [0, 0.05) is 29.3 Å². The van der Waals surface area contributed by atoms with E-state index in [0.717, 1.165) is 5.56 Å². The van der Waals surface area contributed by atoms with Gasteiger partial charge in [-0.25, -0.2) is 13.2 Å². The third-order valence-electron chi connectivity index (χ3n) is 5.64. The molecule has 7 nitrogen and oxygen atoms in total. The molecule has 8 heteroatoms. The van der Waals surface area contributed by atoms with Crippen LogP contribution < -0.4 is 9.04 Å². The van der Waals surface area contributed by atoms with Crippen LogP contribution in [0.4, 0.5) is 5.69 Å². The number of carbonyl (C=O) groups excluding carboxylic acids is 1. The number of rotatable bonds is 7. The number of fused-ring (bicyclic) bond motifs is 1. The molecule has 188 valence electrons. The minimum Gasteiger partial charge on any atom is -0.497 e. The van der Waals surface area contributed by atoms with Gasteiger partial charge in [-0.3, -0.25) is 9.29 Å². The van der Waals surface area contributed by atoms with Gasteiger partial charge < -0.3 is 9.47 Å². The minimum absolute atomic E-state index is 0.0569. The van der Waals surface area contributed by atoms with Gasteiger partial charge in [0.15, 0.2) is 0 Å². The molecule has 0 amide bonds. The lowest BCUT2D eigenvalue weighted by Gasteiger charge is -2.26. The number of anilines is 1. The summed E-state index contributed by atoms with van der Waals surface area (Å²) in [6.07, 6.45) is 1.36. The highest BCUT2D eigenvalue weighted by Gasteiger charge is 2.30. The Bertz CT molecular complexity index is 1590.